The molecule has 0 saturated carbocycles. The molecule has 3 rings (SSSR count). The number of nitrogens with zero attached hydrogens (tertiary/aromatic N) is 1. The van der Waals surface area contributed by atoms with Gasteiger partial charge in [0.1, 0.15) is 11.6 Å². The second-order valence-electron chi connectivity index (χ2n) is 5.46. The molecule has 2 heterocycles. The third-order valence-corrected chi connectivity index (χ3v) is 5.11. The highest BCUT2D eigenvalue weighted by atomic mass is 79.9. The number of rotatable bonds is 3. The van der Waals surface area contributed by atoms with Gasteiger partial charge in [0.25, 0.3) is 5.91 Å². The maximum Gasteiger partial charge on any atom is 0.293 e. The summed E-state index contributed by atoms with van der Waals surface area (Å²) in [5.74, 6) is 0.581. The molecule has 2 aromatic heterocycles. The number of benzene rings is 1. The van der Waals surface area contributed by atoms with Crippen molar-refractivity contribution >= 4 is 68.2 Å². The lowest BCUT2D eigenvalue weighted by atomic mass is 10.2. The van der Waals surface area contributed by atoms with Gasteiger partial charge in [0.2, 0.25) is 0 Å². The van der Waals surface area contributed by atoms with Gasteiger partial charge in [-0.15, -0.1) is 0 Å². The van der Waals surface area contributed by atoms with E-state index < -0.39 is 5.91 Å². The smallest absolute Gasteiger partial charge is 0.293 e. The van der Waals surface area contributed by atoms with Crippen LogP contribution < -0.4 is 10.6 Å². The van der Waals surface area contributed by atoms with E-state index in [1.807, 2.05) is 13.0 Å². The summed E-state index contributed by atoms with van der Waals surface area (Å²) in [6.07, 6.45) is 0. The van der Waals surface area contributed by atoms with Gasteiger partial charge in [-0.2, -0.15) is 0 Å². The van der Waals surface area contributed by atoms with Crippen molar-refractivity contribution in [1.29, 1.82) is 0 Å². The number of hydrogen-bond acceptors (Lipinski definition) is 4. The summed E-state index contributed by atoms with van der Waals surface area (Å²) < 4.78 is 6.47. The van der Waals surface area contributed by atoms with Crippen LogP contribution in [0.5, 0.6) is 0 Å². The van der Waals surface area contributed by atoms with Gasteiger partial charge in [-0.3, -0.25) is 10.1 Å². The van der Waals surface area contributed by atoms with Crippen LogP contribution in [0.4, 0.5) is 5.82 Å². The molecule has 2 N–H and O–H groups in total. The highest BCUT2D eigenvalue weighted by molar-refractivity contribution is 9.10. The van der Waals surface area contributed by atoms with Crippen molar-refractivity contribution in [1.82, 2.24) is 10.3 Å². The van der Waals surface area contributed by atoms with Crippen LogP contribution in [-0.4, -0.2) is 16.0 Å². The Bertz CT molecular complexity index is 1040. The number of halogens is 3. The fourth-order valence-corrected chi connectivity index (χ4v) is 3.14. The van der Waals surface area contributed by atoms with E-state index in [1.165, 1.54) is 0 Å². The lowest BCUT2D eigenvalue weighted by Gasteiger charge is -2.09. The average Bonchev–Trinajstić information content (AvgIpc) is 3.08. The Balaban J connectivity index is 1.68. The van der Waals surface area contributed by atoms with Crippen LogP contribution >= 0.6 is 51.3 Å². The Morgan fingerprint density at radius 1 is 1.19 bits per heavy atom. The molecule has 0 fully saturated rings. The molecule has 0 radical (unpaired) electrons. The monoisotopic (exact) mass is 483 g/mol. The van der Waals surface area contributed by atoms with Crippen molar-refractivity contribution in [2.45, 2.75) is 6.92 Å². The molecule has 3 aromatic rings. The lowest BCUT2D eigenvalue weighted by Crippen LogP contribution is -2.34. The number of amides is 1. The van der Waals surface area contributed by atoms with E-state index in [0.29, 0.717) is 27.2 Å². The predicted octanol–water partition coefficient (Wildman–Crippen LogP) is 5.85. The third kappa shape index (κ3) is 4.87. The number of aromatic nitrogens is 1. The molecule has 0 saturated heterocycles. The second-order valence-corrected chi connectivity index (χ2v) is 7.57. The van der Waals surface area contributed by atoms with Crippen LogP contribution in [0.15, 0.2) is 51.4 Å². The first-order valence-corrected chi connectivity index (χ1v) is 9.60. The number of anilines is 1. The molecular weight excluding hydrogens is 473 g/mol. The molecule has 1 amide bonds. The van der Waals surface area contributed by atoms with Crippen molar-refractivity contribution in [3.8, 4) is 11.3 Å². The number of furan rings is 1. The first kappa shape index (κ1) is 19.8. The van der Waals surface area contributed by atoms with E-state index in [4.69, 9.17) is 39.8 Å². The van der Waals surface area contributed by atoms with E-state index in [9.17, 15) is 4.79 Å². The van der Waals surface area contributed by atoms with Crippen LogP contribution in [0.2, 0.25) is 10.0 Å². The zero-order valence-electron chi connectivity index (χ0n) is 13.8. The van der Waals surface area contributed by atoms with Gasteiger partial charge >= 0.3 is 0 Å². The summed E-state index contributed by atoms with van der Waals surface area (Å²) in [7, 11) is 0. The summed E-state index contributed by atoms with van der Waals surface area (Å²) in [5, 5.41) is 6.46. The number of aryl methyl sites for hydroxylation is 1. The Morgan fingerprint density at radius 3 is 2.67 bits per heavy atom. The first-order valence-electron chi connectivity index (χ1n) is 7.64. The minimum Gasteiger partial charge on any atom is -0.451 e. The molecule has 0 aliphatic carbocycles. The molecule has 1 aromatic carbocycles. The molecule has 0 atom stereocenters. The molecule has 0 aliphatic heterocycles. The van der Waals surface area contributed by atoms with Crippen molar-refractivity contribution in [2.24, 2.45) is 0 Å². The fraction of sp³-hybridized carbons (Fsp3) is 0.0556. The number of hydrogen-bond donors (Lipinski definition) is 2. The van der Waals surface area contributed by atoms with Gasteiger partial charge < -0.3 is 9.73 Å². The van der Waals surface area contributed by atoms with Gasteiger partial charge in [-0.05, 0) is 77.5 Å². The van der Waals surface area contributed by atoms with Crippen LogP contribution in [0.25, 0.3) is 11.3 Å². The van der Waals surface area contributed by atoms with Crippen molar-refractivity contribution in [3.05, 3.63) is 68.4 Å². The van der Waals surface area contributed by atoms with Crippen molar-refractivity contribution in [3.63, 3.8) is 0 Å². The highest BCUT2D eigenvalue weighted by Crippen LogP contribution is 2.31. The Kier molecular flexibility index (Phi) is 6.16. The van der Waals surface area contributed by atoms with Gasteiger partial charge in [0, 0.05) is 15.1 Å². The van der Waals surface area contributed by atoms with Crippen LogP contribution in [0, 0.1) is 6.92 Å². The summed E-state index contributed by atoms with van der Waals surface area (Å²) in [6.45, 7) is 1.85. The van der Waals surface area contributed by atoms with Gasteiger partial charge in [-0.25, -0.2) is 4.98 Å². The van der Waals surface area contributed by atoms with Gasteiger partial charge in [-0.1, -0.05) is 23.2 Å². The zero-order chi connectivity index (χ0) is 19.6. The number of carbonyl (C=O) groups excluding carboxylic acids is 1. The molecule has 27 heavy (non-hydrogen) atoms. The minimum absolute atomic E-state index is 0.0973. The van der Waals surface area contributed by atoms with Crippen LogP contribution in [0.3, 0.4) is 0 Å². The van der Waals surface area contributed by atoms with E-state index >= 15 is 0 Å². The number of carbonyl (C=O) groups is 1. The van der Waals surface area contributed by atoms with E-state index in [-0.39, 0.29) is 10.9 Å². The summed E-state index contributed by atoms with van der Waals surface area (Å²) in [5.41, 5.74) is 1.43. The zero-order valence-corrected chi connectivity index (χ0v) is 17.8. The normalized spacial score (nSPS) is 10.5. The van der Waals surface area contributed by atoms with Gasteiger partial charge in [0.05, 0.1) is 10.7 Å². The molecular formula is C18H12BrCl2N3O2S. The standard InChI is InChI=1S/C18H12BrCl2N3O2S/c1-9-12(19)4-7-16(22-9)23-18(27)24-17(25)15-6-5-14(26-15)11-3-2-10(20)8-13(11)21/h2-8H,1H3,(H2,22,23,24,25,27). The number of thiocarbonyl (C=S) groups is 1. The minimum atomic E-state index is -0.488. The van der Waals surface area contributed by atoms with Crippen LogP contribution in [0.1, 0.15) is 16.2 Å². The molecule has 138 valence electrons. The second kappa shape index (κ2) is 8.39. The quantitative estimate of drug-likeness (QED) is 0.456. The number of nitrogens with one attached hydrogen (secondary N) is 2. The molecule has 0 spiro atoms. The van der Waals surface area contributed by atoms with Crippen molar-refractivity contribution in [2.75, 3.05) is 5.32 Å². The first-order chi connectivity index (χ1) is 12.8. The molecule has 0 unspecified atom stereocenters. The van der Waals surface area contributed by atoms with E-state index in [2.05, 4.69) is 31.5 Å². The van der Waals surface area contributed by atoms with Crippen LogP contribution in [-0.2, 0) is 0 Å². The topological polar surface area (TPSA) is 67.2 Å². The SMILES string of the molecule is Cc1nc(NC(=S)NC(=O)c2ccc(-c3ccc(Cl)cc3Cl)o2)ccc1Br. The Hall–Kier alpha value is -1.93. The molecule has 9 heteroatoms. The summed E-state index contributed by atoms with van der Waals surface area (Å²) in [6, 6.07) is 11.8. The summed E-state index contributed by atoms with van der Waals surface area (Å²) in [4.78, 5) is 16.6. The van der Waals surface area contributed by atoms with Crippen molar-refractivity contribution < 1.29 is 9.21 Å². The average molecular weight is 485 g/mol. The third-order valence-electron chi connectivity index (χ3n) is 3.52. The van der Waals surface area contributed by atoms with E-state index in [1.54, 1.807) is 36.4 Å². The largest absolute Gasteiger partial charge is 0.451 e. The van der Waals surface area contributed by atoms with E-state index in [0.717, 1.165) is 10.2 Å². The maximum absolute atomic E-state index is 12.3. The molecule has 0 bridgehead atoms. The summed E-state index contributed by atoms with van der Waals surface area (Å²) >= 11 is 20.6. The highest BCUT2D eigenvalue weighted by Gasteiger charge is 2.15. The number of pyridine rings is 1. The molecule has 5 nitrogen and oxygen atoms in total. The Morgan fingerprint density at radius 2 is 1.96 bits per heavy atom. The fourth-order valence-electron chi connectivity index (χ4n) is 2.22. The van der Waals surface area contributed by atoms with Gasteiger partial charge in [0.15, 0.2) is 10.9 Å². The maximum atomic E-state index is 12.3. The lowest BCUT2D eigenvalue weighted by molar-refractivity contribution is 0.0951. The molecule has 0 aliphatic rings. The Labute approximate surface area is 179 Å². The predicted molar refractivity (Wildman–Crippen MR) is 115 cm³/mol.